The van der Waals surface area contributed by atoms with Crippen LogP contribution in [0.5, 0.6) is 0 Å². The van der Waals surface area contributed by atoms with Crippen LogP contribution in [0.1, 0.15) is 28.8 Å². The molecule has 1 amide bonds. The molecular weight excluding hydrogens is 377 g/mol. The van der Waals surface area contributed by atoms with Crippen molar-refractivity contribution in [2.24, 2.45) is 0 Å². The van der Waals surface area contributed by atoms with Crippen molar-refractivity contribution in [3.63, 3.8) is 0 Å². The first kappa shape index (κ1) is 18.9. The van der Waals surface area contributed by atoms with Crippen LogP contribution < -0.4 is 5.63 Å². The van der Waals surface area contributed by atoms with Crippen LogP contribution in [0.4, 0.5) is 4.39 Å². The van der Waals surface area contributed by atoms with Crippen molar-refractivity contribution in [2.45, 2.75) is 25.4 Å². The second-order valence-electron chi connectivity index (χ2n) is 6.91. The van der Waals surface area contributed by atoms with E-state index in [1.807, 2.05) is 0 Å². The number of hydrogen-bond donors (Lipinski definition) is 0. The van der Waals surface area contributed by atoms with E-state index in [0.717, 1.165) is 12.8 Å². The van der Waals surface area contributed by atoms with Crippen molar-refractivity contribution in [2.75, 3.05) is 6.61 Å². The van der Waals surface area contributed by atoms with E-state index in [-0.39, 0.29) is 18.2 Å². The number of benzene rings is 2. The highest BCUT2D eigenvalue weighted by atomic mass is 19.1. The van der Waals surface area contributed by atoms with E-state index in [4.69, 9.17) is 9.15 Å². The van der Waals surface area contributed by atoms with Gasteiger partial charge in [0.2, 0.25) is 0 Å². The van der Waals surface area contributed by atoms with E-state index in [2.05, 4.69) is 0 Å². The molecule has 0 N–H and O–H groups in total. The summed E-state index contributed by atoms with van der Waals surface area (Å²) in [6, 6.07) is 14.4. The summed E-state index contributed by atoms with van der Waals surface area (Å²) < 4.78 is 24.1. The fourth-order valence-electron chi connectivity index (χ4n) is 3.11. The number of nitrogens with zero attached hydrogens (tertiary/aromatic N) is 1. The van der Waals surface area contributed by atoms with Gasteiger partial charge < -0.3 is 14.1 Å². The molecule has 1 aliphatic carbocycles. The Kier molecular flexibility index (Phi) is 5.12. The van der Waals surface area contributed by atoms with Crippen LogP contribution in [-0.2, 0) is 16.1 Å². The van der Waals surface area contributed by atoms with Crippen molar-refractivity contribution in [1.29, 1.82) is 0 Å². The summed E-state index contributed by atoms with van der Waals surface area (Å²) in [5, 5.41) is 0.574. The van der Waals surface area contributed by atoms with E-state index < -0.39 is 29.9 Å². The summed E-state index contributed by atoms with van der Waals surface area (Å²) in [6.07, 6.45) is 1.64. The number of para-hydroxylation sites is 1. The summed E-state index contributed by atoms with van der Waals surface area (Å²) in [7, 11) is 0. The number of fused-ring (bicyclic) bond motifs is 1. The van der Waals surface area contributed by atoms with Gasteiger partial charge in [-0.1, -0.05) is 36.4 Å². The molecule has 0 unspecified atom stereocenters. The molecule has 2 aromatic carbocycles. The molecule has 6 nitrogen and oxygen atoms in total. The Morgan fingerprint density at radius 2 is 1.83 bits per heavy atom. The van der Waals surface area contributed by atoms with Crippen LogP contribution in [-0.4, -0.2) is 29.4 Å². The van der Waals surface area contributed by atoms with E-state index >= 15 is 0 Å². The normalized spacial score (nSPS) is 13.3. The molecule has 1 fully saturated rings. The zero-order valence-electron chi connectivity index (χ0n) is 15.5. The largest absolute Gasteiger partial charge is 0.452 e. The molecule has 29 heavy (non-hydrogen) atoms. The molecule has 1 heterocycles. The van der Waals surface area contributed by atoms with Gasteiger partial charge in [-0.25, -0.2) is 14.0 Å². The quantitative estimate of drug-likeness (QED) is 0.473. The molecule has 0 aliphatic heterocycles. The summed E-state index contributed by atoms with van der Waals surface area (Å²) in [6.45, 7) is -0.429. The molecule has 1 aromatic heterocycles. The fourth-order valence-corrected chi connectivity index (χ4v) is 3.11. The summed E-state index contributed by atoms with van der Waals surface area (Å²) in [5.74, 6) is -1.76. The molecule has 3 aromatic rings. The lowest BCUT2D eigenvalue weighted by Crippen LogP contribution is -2.36. The van der Waals surface area contributed by atoms with Gasteiger partial charge in [0.15, 0.2) is 6.61 Å². The van der Waals surface area contributed by atoms with Gasteiger partial charge in [0.25, 0.3) is 5.91 Å². The van der Waals surface area contributed by atoms with Gasteiger partial charge in [-0.3, -0.25) is 4.79 Å². The summed E-state index contributed by atoms with van der Waals surface area (Å²) in [5.41, 5.74) is -0.348. The number of halogens is 1. The first-order valence-corrected chi connectivity index (χ1v) is 9.26. The van der Waals surface area contributed by atoms with Crippen molar-refractivity contribution in [3.05, 3.63) is 82.0 Å². The Balaban J connectivity index is 1.45. The standard InChI is InChI=1S/C22H18FNO5/c23-18-7-3-1-6-15(18)12-24(16-9-10-16)20(25)13-28-21(26)17-11-14-5-2-4-8-19(14)29-22(17)27/h1-8,11,16H,9-10,12-13H2. The monoisotopic (exact) mass is 395 g/mol. The lowest BCUT2D eigenvalue weighted by molar-refractivity contribution is -0.135. The van der Waals surface area contributed by atoms with Gasteiger partial charge in [-0.2, -0.15) is 0 Å². The molecule has 1 aliphatic rings. The maximum atomic E-state index is 13.9. The number of rotatable bonds is 6. The van der Waals surface area contributed by atoms with Crippen LogP contribution in [0.3, 0.4) is 0 Å². The Bertz CT molecular complexity index is 1140. The highest BCUT2D eigenvalue weighted by Crippen LogP contribution is 2.29. The average molecular weight is 395 g/mol. The lowest BCUT2D eigenvalue weighted by Gasteiger charge is -2.22. The lowest BCUT2D eigenvalue weighted by atomic mass is 10.2. The molecule has 0 spiro atoms. The highest BCUT2D eigenvalue weighted by molar-refractivity contribution is 5.94. The molecule has 0 saturated heterocycles. The zero-order chi connectivity index (χ0) is 20.4. The number of ether oxygens (including phenoxy) is 1. The molecule has 0 bridgehead atoms. The average Bonchev–Trinajstić information content (AvgIpc) is 3.55. The maximum absolute atomic E-state index is 13.9. The summed E-state index contributed by atoms with van der Waals surface area (Å²) >= 11 is 0. The van der Waals surface area contributed by atoms with E-state index in [1.54, 1.807) is 42.5 Å². The third-order valence-corrected chi connectivity index (χ3v) is 4.79. The number of carbonyl (C=O) groups is 2. The minimum absolute atomic E-state index is 0.00606. The van der Waals surface area contributed by atoms with Gasteiger partial charge in [-0.05, 0) is 31.0 Å². The smallest absolute Gasteiger partial charge is 0.351 e. The van der Waals surface area contributed by atoms with Crippen molar-refractivity contribution in [3.8, 4) is 0 Å². The van der Waals surface area contributed by atoms with Crippen LogP contribution in [0.25, 0.3) is 11.0 Å². The zero-order valence-corrected chi connectivity index (χ0v) is 15.5. The topological polar surface area (TPSA) is 76.8 Å². The van der Waals surface area contributed by atoms with Crippen LogP contribution in [0.2, 0.25) is 0 Å². The number of carbonyl (C=O) groups excluding carboxylic acids is 2. The van der Waals surface area contributed by atoms with E-state index in [0.29, 0.717) is 16.5 Å². The first-order chi connectivity index (χ1) is 14.0. The van der Waals surface area contributed by atoms with Gasteiger partial charge in [-0.15, -0.1) is 0 Å². The Labute approximate surface area is 165 Å². The molecule has 4 rings (SSSR count). The van der Waals surface area contributed by atoms with Crippen LogP contribution >= 0.6 is 0 Å². The highest BCUT2D eigenvalue weighted by Gasteiger charge is 2.33. The number of esters is 1. The van der Waals surface area contributed by atoms with E-state index in [9.17, 15) is 18.8 Å². The third-order valence-electron chi connectivity index (χ3n) is 4.79. The minimum Gasteiger partial charge on any atom is -0.452 e. The van der Waals surface area contributed by atoms with Crippen LogP contribution in [0, 0.1) is 5.82 Å². The Hall–Kier alpha value is -3.48. The third kappa shape index (κ3) is 4.18. The maximum Gasteiger partial charge on any atom is 0.351 e. The minimum atomic E-state index is -0.931. The van der Waals surface area contributed by atoms with E-state index in [1.165, 1.54) is 17.0 Å². The summed E-state index contributed by atoms with van der Waals surface area (Å²) in [4.78, 5) is 38.5. The molecule has 0 radical (unpaired) electrons. The number of amides is 1. The Morgan fingerprint density at radius 3 is 2.59 bits per heavy atom. The second-order valence-corrected chi connectivity index (χ2v) is 6.91. The van der Waals surface area contributed by atoms with Gasteiger partial charge in [0.05, 0.1) is 0 Å². The van der Waals surface area contributed by atoms with Gasteiger partial charge in [0, 0.05) is 23.5 Å². The molecule has 1 saturated carbocycles. The van der Waals surface area contributed by atoms with Crippen molar-refractivity contribution in [1.82, 2.24) is 4.90 Å². The molecule has 7 heteroatoms. The molecule has 0 atom stereocenters. The SMILES string of the molecule is O=C(OCC(=O)N(Cc1ccccc1F)C1CC1)c1cc2ccccc2oc1=O. The van der Waals surface area contributed by atoms with Crippen molar-refractivity contribution >= 4 is 22.8 Å². The van der Waals surface area contributed by atoms with Gasteiger partial charge >= 0.3 is 11.6 Å². The van der Waals surface area contributed by atoms with Gasteiger partial charge in [0.1, 0.15) is 17.0 Å². The predicted octanol–water partition coefficient (Wildman–Crippen LogP) is 3.28. The number of hydrogen-bond acceptors (Lipinski definition) is 5. The van der Waals surface area contributed by atoms with Crippen LogP contribution in [0.15, 0.2) is 63.8 Å². The predicted molar refractivity (Wildman–Crippen MR) is 103 cm³/mol. The Morgan fingerprint density at radius 1 is 1.10 bits per heavy atom. The second kappa shape index (κ2) is 7.87. The van der Waals surface area contributed by atoms with Crippen molar-refractivity contribution < 1.29 is 23.1 Å². The fraction of sp³-hybridized carbons (Fsp3) is 0.227. The first-order valence-electron chi connectivity index (χ1n) is 9.26. The molecular formula is C22H18FNO5. The molecule has 148 valence electrons.